The van der Waals surface area contributed by atoms with Crippen molar-refractivity contribution in [3.63, 3.8) is 0 Å². The molecule has 130 valence electrons. The molecule has 2 aromatic rings. The van der Waals surface area contributed by atoms with Crippen LogP contribution in [-0.4, -0.2) is 22.3 Å². The topological polar surface area (TPSA) is 57.3 Å². The third-order valence-corrected chi connectivity index (χ3v) is 4.22. The number of benzene rings is 2. The molecule has 2 aromatic carbocycles. The predicted molar refractivity (Wildman–Crippen MR) is 107 cm³/mol. The van der Waals surface area contributed by atoms with Crippen molar-refractivity contribution in [1.82, 2.24) is 0 Å². The molecule has 0 aliphatic heterocycles. The lowest BCUT2D eigenvalue weighted by Gasteiger charge is -2.09. The van der Waals surface area contributed by atoms with Gasteiger partial charge in [-0.3, -0.25) is 9.98 Å². The maximum absolute atomic E-state index is 9.53. The number of hydrogen-bond acceptors (Lipinski definition) is 4. The van der Waals surface area contributed by atoms with E-state index in [0.29, 0.717) is 17.1 Å². The summed E-state index contributed by atoms with van der Waals surface area (Å²) in [6.45, 7) is 11.8. The van der Waals surface area contributed by atoms with Crippen molar-refractivity contribution < 1.29 is 5.21 Å². The van der Waals surface area contributed by atoms with Crippen LogP contribution in [0.1, 0.15) is 36.1 Å². The second kappa shape index (κ2) is 7.88. The minimum Gasteiger partial charge on any atom is -0.410 e. The van der Waals surface area contributed by atoms with E-state index in [9.17, 15) is 5.21 Å². The molecule has 4 nitrogen and oxygen atoms in total. The van der Waals surface area contributed by atoms with Crippen molar-refractivity contribution in [3.05, 3.63) is 58.7 Å². The summed E-state index contributed by atoms with van der Waals surface area (Å²) in [5.74, 6) is 0. The Morgan fingerprint density at radius 1 is 0.680 bits per heavy atom. The van der Waals surface area contributed by atoms with Crippen molar-refractivity contribution in [1.29, 1.82) is 0 Å². The summed E-state index contributed by atoms with van der Waals surface area (Å²) in [5, 5.41) is 13.0. The Balaban J connectivity index is 2.46. The number of aryl methyl sites for hydroxylation is 4. The van der Waals surface area contributed by atoms with Crippen molar-refractivity contribution in [3.8, 4) is 0 Å². The van der Waals surface area contributed by atoms with Gasteiger partial charge < -0.3 is 5.21 Å². The molecule has 0 amide bonds. The maximum atomic E-state index is 9.53. The fourth-order valence-electron chi connectivity index (χ4n) is 2.81. The van der Waals surface area contributed by atoms with E-state index in [1.54, 1.807) is 0 Å². The standard InChI is InChI=1S/C21H25N3O/c1-13-9-7-10-14(2)19(13)22-17(5)21(24-25)18(6)23-20-15(3)11-8-12-16(20)4/h7-12,25H,1-6H3. The van der Waals surface area contributed by atoms with E-state index < -0.39 is 0 Å². The maximum Gasteiger partial charge on any atom is 0.144 e. The first-order chi connectivity index (χ1) is 11.8. The highest BCUT2D eigenvalue weighted by Crippen LogP contribution is 2.25. The summed E-state index contributed by atoms with van der Waals surface area (Å²) in [6.07, 6.45) is 0. The zero-order valence-corrected chi connectivity index (χ0v) is 15.8. The van der Waals surface area contributed by atoms with E-state index in [-0.39, 0.29) is 0 Å². The third kappa shape index (κ3) is 4.21. The Labute approximate surface area is 149 Å². The van der Waals surface area contributed by atoms with Gasteiger partial charge in [0, 0.05) is 0 Å². The fraction of sp³-hybridized carbons (Fsp3) is 0.286. The molecule has 0 aromatic heterocycles. The Morgan fingerprint density at radius 3 is 1.28 bits per heavy atom. The summed E-state index contributed by atoms with van der Waals surface area (Å²) >= 11 is 0. The summed E-state index contributed by atoms with van der Waals surface area (Å²) in [5.41, 5.74) is 7.80. The van der Waals surface area contributed by atoms with Gasteiger partial charge in [0.05, 0.1) is 22.8 Å². The van der Waals surface area contributed by atoms with Crippen LogP contribution in [0.5, 0.6) is 0 Å². The van der Waals surface area contributed by atoms with Crippen LogP contribution in [0, 0.1) is 27.7 Å². The zero-order chi connectivity index (χ0) is 18.6. The second-order valence-electron chi connectivity index (χ2n) is 6.32. The molecule has 0 aliphatic carbocycles. The van der Waals surface area contributed by atoms with E-state index >= 15 is 0 Å². The molecule has 0 unspecified atom stereocenters. The molecule has 0 radical (unpaired) electrons. The molecular weight excluding hydrogens is 310 g/mol. The van der Waals surface area contributed by atoms with Crippen LogP contribution in [-0.2, 0) is 0 Å². The number of para-hydroxylation sites is 2. The van der Waals surface area contributed by atoms with E-state index in [4.69, 9.17) is 0 Å². The van der Waals surface area contributed by atoms with Crippen LogP contribution in [0.15, 0.2) is 51.5 Å². The van der Waals surface area contributed by atoms with Gasteiger partial charge in [-0.1, -0.05) is 41.6 Å². The molecule has 2 rings (SSSR count). The Hall–Kier alpha value is -2.75. The highest BCUT2D eigenvalue weighted by molar-refractivity contribution is 6.68. The van der Waals surface area contributed by atoms with Gasteiger partial charge in [-0.2, -0.15) is 0 Å². The first kappa shape index (κ1) is 18.6. The molecule has 0 fully saturated rings. The number of rotatable bonds is 4. The molecule has 0 heterocycles. The predicted octanol–water partition coefficient (Wildman–Crippen LogP) is 5.64. The van der Waals surface area contributed by atoms with Crippen LogP contribution in [0.4, 0.5) is 11.4 Å². The van der Waals surface area contributed by atoms with Crippen molar-refractivity contribution >= 4 is 28.5 Å². The van der Waals surface area contributed by atoms with Crippen molar-refractivity contribution in [2.75, 3.05) is 0 Å². The lowest BCUT2D eigenvalue weighted by molar-refractivity contribution is 0.321. The highest BCUT2D eigenvalue weighted by Gasteiger charge is 2.12. The number of aliphatic imine (C=N–C) groups is 2. The van der Waals surface area contributed by atoms with Crippen molar-refractivity contribution in [2.45, 2.75) is 41.5 Å². The lowest BCUT2D eigenvalue weighted by atomic mass is 10.1. The molecule has 0 atom stereocenters. The Bertz CT molecular complexity index is 767. The van der Waals surface area contributed by atoms with Gasteiger partial charge in [0.1, 0.15) is 5.71 Å². The van der Waals surface area contributed by atoms with Crippen LogP contribution >= 0.6 is 0 Å². The quantitative estimate of drug-likeness (QED) is 0.439. The van der Waals surface area contributed by atoms with Crippen LogP contribution in [0.3, 0.4) is 0 Å². The Morgan fingerprint density at radius 2 is 1.00 bits per heavy atom. The van der Waals surface area contributed by atoms with Crippen molar-refractivity contribution in [2.24, 2.45) is 15.1 Å². The van der Waals surface area contributed by atoms with Crippen LogP contribution < -0.4 is 0 Å². The van der Waals surface area contributed by atoms with Gasteiger partial charge in [0.25, 0.3) is 0 Å². The molecule has 0 saturated heterocycles. The number of oxime groups is 1. The summed E-state index contributed by atoms with van der Waals surface area (Å²) in [4.78, 5) is 9.36. The summed E-state index contributed by atoms with van der Waals surface area (Å²) in [6, 6.07) is 12.1. The number of nitrogens with zero attached hydrogens (tertiary/aromatic N) is 3. The van der Waals surface area contributed by atoms with E-state index in [1.807, 2.05) is 77.9 Å². The minimum absolute atomic E-state index is 0.394. The van der Waals surface area contributed by atoms with Gasteiger partial charge in [0.15, 0.2) is 0 Å². The molecule has 4 heteroatoms. The van der Waals surface area contributed by atoms with E-state index in [1.165, 1.54) is 0 Å². The third-order valence-electron chi connectivity index (χ3n) is 4.22. The van der Waals surface area contributed by atoms with Gasteiger partial charge in [-0.25, -0.2) is 0 Å². The van der Waals surface area contributed by atoms with Gasteiger partial charge in [-0.05, 0) is 63.8 Å². The molecule has 0 aliphatic rings. The van der Waals surface area contributed by atoms with E-state index in [0.717, 1.165) is 33.6 Å². The monoisotopic (exact) mass is 335 g/mol. The minimum atomic E-state index is 0.394. The second-order valence-corrected chi connectivity index (χ2v) is 6.32. The number of hydrogen-bond donors (Lipinski definition) is 1. The average molecular weight is 335 g/mol. The normalized spacial score (nSPS) is 12.2. The fourth-order valence-corrected chi connectivity index (χ4v) is 2.81. The first-order valence-electron chi connectivity index (χ1n) is 8.31. The summed E-state index contributed by atoms with van der Waals surface area (Å²) in [7, 11) is 0. The smallest absolute Gasteiger partial charge is 0.144 e. The molecule has 0 saturated carbocycles. The first-order valence-corrected chi connectivity index (χ1v) is 8.31. The Kier molecular flexibility index (Phi) is 5.86. The molecule has 0 bridgehead atoms. The summed E-state index contributed by atoms with van der Waals surface area (Å²) < 4.78 is 0. The van der Waals surface area contributed by atoms with Gasteiger partial charge >= 0.3 is 0 Å². The van der Waals surface area contributed by atoms with Gasteiger partial charge in [0.2, 0.25) is 0 Å². The van der Waals surface area contributed by atoms with Crippen LogP contribution in [0.25, 0.3) is 0 Å². The molecular formula is C21H25N3O. The SMILES string of the molecule is CC(=Nc1c(C)cccc1C)C(=NO)C(C)=Nc1c(C)cccc1C. The lowest BCUT2D eigenvalue weighted by Crippen LogP contribution is -2.19. The van der Waals surface area contributed by atoms with Crippen LogP contribution in [0.2, 0.25) is 0 Å². The average Bonchev–Trinajstić information content (AvgIpc) is 2.55. The van der Waals surface area contributed by atoms with Gasteiger partial charge in [-0.15, -0.1) is 0 Å². The largest absolute Gasteiger partial charge is 0.410 e. The molecule has 0 spiro atoms. The molecule has 25 heavy (non-hydrogen) atoms. The highest BCUT2D eigenvalue weighted by atomic mass is 16.4. The van der Waals surface area contributed by atoms with E-state index in [2.05, 4.69) is 15.1 Å². The molecule has 1 N–H and O–H groups in total. The zero-order valence-electron chi connectivity index (χ0n) is 15.8.